The number of hydrogen-bond donors (Lipinski definition) is 2. The molecule has 1 aromatic carbocycles. The van der Waals surface area contributed by atoms with Crippen LogP contribution in [0.25, 0.3) is 0 Å². The van der Waals surface area contributed by atoms with Gasteiger partial charge in [0.25, 0.3) is 5.69 Å². The highest BCUT2D eigenvalue weighted by Gasteiger charge is 2.14. The summed E-state index contributed by atoms with van der Waals surface area (Å²) in [6.45, 7) is 0.0419. The zero-order valence-electron chi connectivity index (χ0n) is 8.60. The number of benzene rings is 1. The van der Waals surface area contributed by atoms with Crippen molar-refractivity contribution in [3.05, 3.63) is 38.9 Å². The van der Waals surface area contributed by atoms with Crippen LogP contribution in [0.3, 0.4) is 0 Å². The molecule has 0 unspecified atom stereocenters. The quantitative estimate of drug-likeness (QED) is 0.613. The maximum Gasteiger partial charge on any atom is 0.269 e. The Bertz CT molecular complexity index is 384. The number of hydrogen-bond acceptors (Lipinski definition) is 4. The summed E-state index contributed by atoms with van der Waals surface area (Å²) in [5.74, 6) is 0. The van der Waals surface area contributed by atoms with Gasteiger partial charge in [0.2, 0.25) is 0 Å². The lowest BCUT2D eigenvalue weighted by Crippen LogP contribution is -2.11. The predicted molar refractivity (Wildman–Crippen MR) is 61.4 cm³/mol. The fourth-order valence-corrected chi connectivity index (χ4v) is 1.65. The molecule has 5 nitrogen and oxygen atoms in total. The van der Waals surface area contributed by atoms with E-state index in [0.717, 1.165) is 0 Å². The van der Waals surface area contributed by atoms with Crippen LogP contribution >= 0.6 is 11.6 Å². The number of nitro groups is 1. The lowest BCUT2D eigenvalue weighted by molar-refractivity contribution is -0.384. The summed E-state index contributed by atoms with van der Waals surface area (Å²) in [5, 5.41) is 19.7. The third-order valence-electron chi connectivity index (χ3n) is 2.26. The number of rotatable bonds is 5. The van der Waals surface area contributed by atoms with E-state index in [1.165, 1.54) is 18.2 Å². The molecule has 0 aromatic heterocycles. The molecular formula is C10H13ClN2O3. The molecule has 0 heterocycles. The predicted octanol–water partition coefficient (Wildman–Crippen LogP) is 2.02. The van der Waals surface area contributed by atoms with E-state index in [-0.39, 0.29) is 18.3 Å². The summed E-state index contributed by atoms with van der Waals surface area (Å²) < 4.78 is 0. The topological polar surface area (TPSA) is 89.4 Å². The van der Waals surface area contributed by atoms with Gasteiger partial charge in [0.1, 0.15) is 0 Å². The van der Waals surface area contributed by atoms with E-state index in [1.807, 2.05) is 0 Å². The highest BCUT2D eigenvalue weighted by molar-refractivity contribution is 6.31. The molecule has 0 bridgehead atoms. The standard InChI is InChI=1S/C10H13ClN2O3/c11-9-4-3-7(13(15)16)6-8(9)10(12)2-1-5-14/h3-4,6,10,14H,1-2,5,12H2/t10-/m0/s1. The fourth-order valence-electron chi connectivity index (χ4n) is 1.40. The number of nitrogens with two attached hydrogens (primary N) is 1. The first-order valence-corrected chi connectivity index (χ1v) is 5.24. The molecule has 0 aliphatic rings. The lowest BCUT2D eigenvalue weighted by Gasteiger charge is -2.12. The average Bonchev–Trinajstić information content (AvgIpc) is 2.26. The Kier molecular flexibility index (Phi) is 4.67. The summed E-state index contributed by atoms with van der Waals surface area (Å²) in [6, 6.07) is 3.79. The maximum absolute atomic E-state index is 10.6. The van der Waals surface area contributed by atoms with E-state index in [0.29, 0.717) is 23.4 Å². The molecule has 6 heteroatoms. The molecule has 0 aliphatic carbocycles. The second-order valence-corrected chi connectivity index (χ2v) is 3.84. The van der Waals surface area contributed by atoms with Crippen molar-refractivity contribution in [2.24, 2.45) is 5.73 Å². The fraction of sp³-hybridized carbons (Fsp3) is 0.400. The van der Waals surface area contributed by atoms with Gasteiger partial charge in [-0.15, -0.1) is 0 Å². The minimum Gasteiger partial charge on any atom is -0.396 e. The van der Waals surface area contributed by atoms with Crippen molar-refractivity contribution in [2.45, 2.75) is 18.9 Å². The van der Waals surface area contributed by atoms with Crippen LogP contribution < -0.4 is 5.73 Å². The van der Waals surface area contributed by atoms with Crippen molar-refractivity contribution in [2.75, 3.05) is 6.61 Å². The molecule has 1 rings (SSSR count). The van der Waals surface area contributed by atoms with Crippen LogP contribution in [0, 0.1) is 10.1 Å². The van der Waals surface area contributed by atoms with Gasteiger partial charge in [-0.25, -0.2) is 0 Å². The minimum atomic E-state index is -0.488. The molecule has 0 saturated heterocycles. The summed E-state index contributed by atoms with van der Waals surface area (Å²) in [5.41, 5.74) is 6.35. The van der Waals surface area contributed by atoms with Gasteiger partial charge in [-0.3, -0.25) is 10.1 Å². The van der Waals surface area contributed by atoms with Gasteiger partial charge in [-0.1, -0.05) is 11.6 Å². The Morgan fingerprint density at radius 1 is 1.56 bits per heavy atom. The Morgan fingerprint density at radius 2 is 2.25 bits per heavy atom. The monoisotopic (exact) mass is 244 g/mol. The Hall–Kier alpha value is -1.17. The summed E-state index contributed by atoms with van der Waals surface area (Å²) in [7, 11) is 0. The zero-order valence-corrected chi connectivity index (χ0v) is 9.35. The highest BCUT2D eigenvalue weighted by atomic mass is 35.5. The van der Waals surface area contributed by atoms with Crippen LogP contribution in [-0.2, 0) is 0 Å². The first-order valence-electron chi connectivity index (χ1n) is 4.86. The number of halogens is 1. The van der Waals surface area contributed by atoms with E-state index >= 15 is 0 Å². The van der Waals surface area contributed by atoms with Crippen molar-refractivity contribution in [3.63, 3.8) is 0 Å². The number of nitro benzene ring substituents is 1. The number of nitrogens with zero attached hydrogens (tertiary/aromatic N) is 1. The third kappa shape index (κ3) is 3.16. The summed E-state index contributed by atoms with van der Waals surface area (Å²) in [4.78, 5) is 10.1. The number of aliphatic hydroxyl groups excluding tert-OH is 1. The van der Waals surface area contributed by atoms with E-state index in [1.54, 1.807) is 0 Å². The molecule has 16 heavy (non-hydrogen) atoms. The summed E-state index contributed by atoms with van der Waals surface area (Å²) in [6.07, 6.45) is 1.08. The second-order valence-electron chi connectivity index (χ2n) is 3.44. The first kappa shape index (κ1) is 12.9. The Morgan fingerprint density at radius 3 is 2.81 bits per heavy atom. The van der Waals surface area contributed by atoms with Crippen molar-refractivity contribution in [1.29, 1.82) is 0 Å². The second kappa shape index (κ2) is 5.79. The molecular weight excluding hydrogens is 232 g/mol. The first-order chi connectivity index (χ1) is 7.56. The smallest absolute Gasteiger partial charge is 0.269 e. The Labute approximate surface area is 98.0 Å². The zero-order chi connectivity index (χ0) is 12.1. The van der Waals surface area contributed by atoms with Gasteiger partial charge in [0, 0.05) is 29.8 Å². The average molecular weight is 245 g/mol. The minimum absolute atomic E-state index is 0.0288. The SMILES string of the molecule is N[C@@H](CCCO)c1cc([N+](=O)[O-])ccc1Cl. The molecule has 0 radical (unpaired) electrons. The molecule has 3 N–H and O–H groups in total. The van der Waals surface area contributed by atoms with E-state index in [9.17, 15) is 10.1 Å². The molecule has 1 atom stereocenters. The van der Waals surface area contributed by atoms with E-state index in [2.05, 4.69) is 0 Å². The van der Waals surface area contributed by atoms with Gasteiger partial charge < -0.3 is 10.8 Å². The van der Waals surface area contributed by atoms with Crippen LogP contribution in [0.15, 0.2) is 18.2 Å². The Balaban J connectivity index is 2.92. The largest absolute Gasteiger partial charge is 0.396 e. The van der Waals surface area contributed by atoms with Gasteiger partial charge in [0.05, 0.1) is 4.92 Å². The van der Waals surface area contributed by atoms with Crippen LogP contribution in [0.2, 0.25) is 5.02 Å². The van der Waals surface area contributed by atoms with Crippen molar-refractivity contribution in [3.8, 4) is 0 Å². The van der Waals surface area contributed by atoms with Crippen molar-refractivity contribution in [1.82, 2.24) is 0 Å². The molecule has 0 saturated carbocycles. The normalized spacial score (nSPS) is 12.4. The highest BCUT2D eigenvalue weighted by Crippen LogP contribution is 2.28. The number of aliphatic hydroxyl groups is 1. The third-order valence-corrected chi connectivity index (χ3v) is 2.61. The van der Waals surface area contributed by atoms with Gasteiger partial charge in [-0.05, 0) is 24.5 Å². The van der Waals surface area contributed by atoms with Gasteiger partial charge in [0.15, 0.2) is 0 Å². The summed E-state index contributed by atoms with van der Waals surface area (Å²) >= 11 is 5.91. The van der Waals surface area contributed by atoms with Gasteiger partial charge in [-0.2, -0.15) is 0 Å². The lowest BCUT2D eigenvalue weighted by atomic mass is 10.0. The van der Waals surface area contributed by atoms with E-state index < -0.39 is 4.92 Å². The van der Waals surface area contributed by atoms with Crippen LogP contribution in [0.4, 0.5) is 5.69 Å². The van der Waals surface area contributed by atoms with Gasteiger partial charge >= 0.3 is 0 Å². The molecule has 0 aliphatic heterocycles. The van der Waals surface area contributed by atoms with Crippen LogP contribution in [-0.4, -0.2) is 16.6 Å². The van der Waals surface area contributed by atoms with Crippen molar-refractivity contribution >= 4 is 17.3 Å². The van der Waals surface area contributed by atoms with Crippen LogP contribution in [0.1, 0.15) is 24.4 Å². The molecule has 0 amide bonds. The maximum atomic E-state index is 10.6. The van der Waals surface area contributed by atoms with E-state index in [4.69, 9.17) is 22.4 Å². The number of non-ortho nitro benzene ring substituents is 1. The molecule has 88 valence electrons. The van der Waals surface area contributed by atoms with Crippen molar-refractivity contribution < 1.29 is 10.0 Å². The molecule has 0 fully saturated rings. The molecule has 0 spiro atoms. The van der Waals surface area contributed by atoms with Crippen LogP contribution in [0.5, 0.6) is 0 Å². The molecule has 1 aromatic rings.